The van der Waals surface area contributed by atoms with Crippen LogP contribution in [0.5, 0.6) is 5.88 Å². The summed E-state index contributed by atoms with van der Waals surface area (Å²) in [6.45, 7) is 8.70. The molecule has 32 heavy (non-hydrogen) atoms. The second-order valence-electron chi connectivity index (χ2n) is 8.55. The Balaban J connectivity index is 1.86. The highest BCUT2D eigenvalue weighted by molar-refractivity contribution is 5.76. The van der Waals surface area contributed by atoms with E-state index in [0.29, 0.717) is 23.4 Å². The van der Waals surface area contributed by atoms with Crippen LogP contribution in [0.15, 0.2) is 6.33 Å². The van der Waals surface area contributed by atoms with E-state index in [1.54, 1.807) is 32.3 Å². The highest BCUT2D eigenvalue weighted by Gasteiger charge is 2.45. The molecular formula is C21H29N5O6. The maximum atomic E-state index is 12.0. The lowest BCUT2D eigenvalue weighted by molar-refractivity contribution is -0.179. The minimum Gasteiger partial charge on any atom is -0.475 e. The first-order chi connectivity index (χ1) is 15.2. The highest BCUT2D eigenvalue weighted by Crippen LogP contribution is 2.36. The number of carbonyl (C=O) groups is 1. The van der Waals surface area contributed by atoms with Gasteiger partial charge in [-0.05, 0) is 34.1 Å². The molecule has 1 N–H and O–H groups in total. The number of rotatable bonds is 8. The smallest absolute Gasteiger partial charge is 0.313 e. The summed E-state index contributed by atoms with van der Waals surface area (Å²) in [6, 6.07) is 2.02. The van der Waals surface area contributed by atoms with Gasteiger partial charge in [-0.15, -0.1) is 0 Å². The van der Waals surface area contributed by atoms with Gasteiger partial charge in [-0.25, -0.2) is 9.97 Å². The Labute approximate surface area is 186 Å². The molecule has 4 atom stereocenters. The third-order valence-electron chi connectivity index (χ3n) is 5.01. The van der Waals surface area contributed by atoms with Crippen LogP contribution in [-0.2, 0) is 19.0 Å². The summed E-state index contributed by atoms with van der Waals surface area (Å²) in [5, 5.41) is 19.5. The first-order valence-electron chi connectivity index (χ1n) is 10.5. The largest absolute Gasteiger partial charge is 0.475 e. The van der Waals surface area contributed by atoms with Crippen molar-refractivity contribution in [2.24, 2.45) is 5.41 Å². The normalized spacial score (nSPS) is 23.3. The van der Waals surface area contributed by atoms with Crippen molar-refractivity contribution < 1.29 is 28.8 Å². The van der Waals surface area contributed by atoms with Crippen molar-refractivity contribution in [3.63, 3.8) is 0 Å². The predicted molar refractivity (Wildman–Crippen MR) is 111 cm³/mol. The Morgan fingerprint density at radius 3 is 2.78 bits per heavy atom. The van der Waals surface area contributed by atoms with E-state index in [1.807, 2.05) is 13.0 Å². The van der Waals surface area contributed by atoms with E-state index in [1.165, 1.54) is 6.33 Å². The molecule has 0 aromatic carbocycles. The zero-order valence-electron chi connectivity index (χ0n) is 18.9. The number of aryl methyl sites for hydroxylation is 1. The molecule has 0 saturated carbocycles. The molecule has 0 bridgehead atoms. The summed E-state index contributed by atoms with van der Waals surface area (Å²) in [6.07, 6.45) is -0.700. The van der Waals surface area contributed by atoms with Crippen molar-refractivity contribution in [1.29, 1.82) is 5.26 Å². The van der Waals surface area contributed by atoms with Crippen LogP contribution in [0.2, 0.25) is 0 Å². The minimum atomic E-state index is -0.940. The number of nitriles is 1. The lowest BCUT2D eigenvalue weighted by Gasteiger charge is -2.23. The molecule has 174 valence electrons. The van der Waals surface area contributed by atoms with E-state index in [2.05, 4.69) is 15.0 Å². The molecule has 3 heterocycles. The summed E-state index contributed by atoms with van der Waals surface area (Å²) < 4.78 is 24.3. The molecule has 1 aliphatic heterocycles. The molecule has 0 radical (unpaired) electrons. The molecule has 1 aliphatic rings. The number of fused-ring (bicyclic) bond motifs is 1. The Morgan fingerprint density at radius 1 is 1.38 bits per heavy atom. The SMILES string of the molecule is CC[C@H]1O[C@@H](n2cnc3c(OCCC#N)nc(C)nc32)C(OCOC(=O)C(C)(C)C)[C@H]1O. The number of aromatic nitrogens is 4. The Bertz CT molecular complexity index is 995. The number of aliphatic hydroxyl groups is 1. The van der Waals surface area contributed by atoms with Gasteiger partial charge in [0.1, 0.15) is 24.6 Å². The van der Waals surface area contributed by atoms with Crippen molar-refractivity contribution in [2.75, 3.05) is 13.4 Å². The number of esters is 1. The van der Waals surface area contributed by atoms with Crippen LogP contribution in [0.1, 0.15) is 52.6 Å². The molecule has 3 rings (SSSR count). The van der Waals surface area contributed by atoms with Crippen LogP contribution in [-0.4, -0.2) is 62.3 Å². The molecule has 2 aromatic heterocycles. The van der Waals surface area contributed by atoms with Gasteiger partial charge in [0.15, 0.2) is 24.2 Å². The summed E-state index contributed by atoms with van der Waals surface area (Å²) in [5.41, 5.74) is 0.180. The van der Waals surface area contributed by atoms with Crippen LogP contribution < -0.4 is 4.74 Å². The van der Waals surface area contributed by atoms with E-state index in [0.717, 1.165) is 0 Å². The van der Waals surface area contributed by atoms with Gasteiger partial charge in [-0.2, -0.15) is 10.2 Å². The van der Waals surface area contributed by atoms with Gasteiger partial charge >= 0.3 is 5.97 Å². The Hall–Kier alpha value is -2.81. The molecule has 0 spiro atoms. The van der Waals surface area contributed by atoms with Gasteiger partial charge in [-0.1, -0.05) is 6.92 Å². The number of ether oxygens (including phenoxy) is 4. The molecule has 2 aromatic rings. The Morgan fingerprint density at radius 2 is 2.12 bits per heavy atom. The van der Waals surface area contributed by atoms with E-state index in [9.17, 15) is 9.90 Å². The monoisotopic (exact) mass is 447 g/mol. The van der Waals surface area contributed by atoms with E-state index in [4.69, 9.17) is 24.2 Å². The number of hydrogen-bond donors (Lipinski definition) is 1. The molecule has 1 saturated heterocycles. The van der Waals surface area contributed by atoms with Crippen LogP contribution in [0.4, 0.5) is 0 Å². The standard InChI is InChI=1S/C21H29N5O6/c1-6-13-15(27)16(30-11-31-20(28)21(3,4)5)19(32-13)26-10-23-14-17(26)24-12(2)25-18(14)29-9-7-8-22/h10,13,15-16,19,27H,6-7,9,11H2,1-5H3/t13-,15+,16?,19-/m1/s1. The number of aliphatic hydroxyl groups excluding tert-OH is 1. The summed E-state index contributed by atoms with van der Waals surface area (Å²) in [5.74, 6) is 0.308. The fourth-order valence-electron chi connectivity index (χ4n) is 3.32. The van der Waals surface area contributed by atoms with Gasteiger partial charge in [0.25, 0.3) is 0 Å². The Kier molecular flexibility index (Phi) is 7.28. The third-order valence-corrected chi connectivity index (χ3v) is 5.01. The van der Waals surface area contributed by atoms with Crippen molar-refractivity contribution in [3.8, 4) is 11.9 Å². The lowest BCUT2D eigenvalue weighted by atomic mass is 9.98. The van der Waals surface area contributed by atoms with Crippen LogP contribution in [0.3, 0.4) is 0 Å². The van der Waals surface area contributed by atoms with E-state index < -0.39 is 35.9 Å². The van der Waals surface area contributed by atoms with E-state index >= 15 is 0 Å². The summed E-state index contributed by atoms with van der Waals surface area (Å²) in [7, 11) is 0. The number of nitrogens with zero attached hydrogens (tertiary/aromatic N) is 5. The average Bonchev–Trinajstić information content (AvgIpc) is 3.28. The number of imidazole rings is 1. The lowest BCUT2D eigenvalue weighted by Crippen LogP contribution is -2.35. The number of carbonyl (C=O) groups excluding carboxylic acids is 1. The predicted octanol–water partition coefficient (Wildman–Crippen LogP) is 2.03. The molecule has 11 heteroatoms. The quantitative estimate of drug-likeness (QED) is 0.363. The molecule has 0 amide bonds. The summed E-state index contributed by atoms with van der Waals surface area (Å²) >= 11 is 0. The van der Waals surface area contributed by atoms with Crippen molar-refractivity contribution in [3.05, 3.63) is 12.2 Å². The van der Waals surface area contributed by atoms with Crippen molar-refractivity contribution in [2.45, 2.75) is 72.0 Å². The molecule has 11 nitrogen and oxygen atoms in total. The maximum Gasteiger partial charge on any atom is 0.313 e. The molecule has 0 aliphatic carbocycles. The fourth-order valence-corrected chi connectivity index (χ4v) is 3.32. The zero-order chi connectivity index (χ0) is 23.5. The molecular weight excluding hydrogens is 418 g/mol. The van der Waals surface area contributed by atoms with Gasteiger partial charge < -0.3 is 24.1 Å². The average molecular weight is 447 g/mol. The first kappa shape index (κ1) is 23.8. The van der Waals surface area contributed by atoms with Crippen LogP contribution >= 0.6 is 0 Å². The van der Waals surface area contributed by atoms with Gasteiger partial charge in [0.2, 0.25) is 5.88 Å². The third kappa shape index (κ3) is 4.98. The maximum absolute atomic E-state index is 12.0. The van der Waals surface area contributed by atoms with Gasteiger partial charge in [-0.3, -0.25) is 9.36 Å². The van der Waals surface area contributed by atoms with E-state index in [-0.39, 0.29) is 25.7 Å². The van der Waals surface area contributed by atoms with Crippen LogP contribution in [0.25, 0.3) is 11.2 Å². The second-order valence-corrected chi connectivity index (χ2v) is 8.55. The van der Waals surface area contributed by atoms with Crippen molar-refractivity contribution >= 4 is 17.1 Å². The van der Waals surface area contributed by atoms with Gasteiger partial charge in [0, 0.05) is 0 Å². The summed E-state index contributed by atoms with van der Waals surface area (Å²) in [4.78, 5) is 25.1. The van der Waals surface area contributed by atoms with Crippen molar-refractivity contribution in [1.82, 2.24) is 19.5 Å². The molecule has 1 fully saturated rings. The second kappa shape index (κ2) is 9.77. The van der Waals surface area contributed by atoms with Crippen LogP contribution in [0, 0.1) is 23.7 Å². The number of hydrogen-bond acceptors (Lipinski definition) is 10. The fraction of sp³-hybridized carbons (Fsp3) is 0.667. The topological polar surface area (TPSA) is 142 Å². The minimum absolute atomic E-state index is 0.177. The zero-order valence-corrected chi connectivity index (χ0v) is 18.9. The first-order valence-corrected chi connectivity index (χ1v) is 10.5. The van der Waals surface area contributed by atoms with Gasteiger partial charge in [0.05, 0.1) is 30.3 Å². The highest BCUT2D eigenvalue weighted by atomic mass is 16.7. The molecule has 1 unspecified atom stereocenters.